The summed E-state index contributed by atoms with van der Waals surface area (Å²) in [5.41, 5.74) is 1.47. The molecule has 0 aliphatic rings. The zero-order valence-electron chi connectivity index (χ0n) is 8.16. The fourth-order valence-corrected chi connectivity index (χ4v) is 1.50. The second-order valence-electron chi connectivity index (χ2n) is 3.06. The zero-order valence-corrected chi connectivity index (χ0v) is 9.32. The summed E-state index contributed by atoms with van der Waals surface area (Å²) in [6, 6.07) is 0. The van der Waals surface area contributed by atoms with E-state index in [9.17, 15) is 4.79 Å². The van der Waals surface area contributed by atoms with E-state index in [2.05, 4.69) is 24.5 Å². The van der Waals surface area contributed by atoms with Crippen LogP contribution in [0.1, 0.15) is 5.56 Å². The van der Waals surface area contributed by atoms with E-state index < -0.39 is 0 Å². The molecule has 0 radical (unpaired) electrons. The maximum absolute atomic E-state index is 10.4. The van der Waals surface area contributed by atoms with Crippen molar-refractivity contribution in [3.8, 4) is 0 Å². The number of rotatable bonds is 3. The Morgan fingerprint density at radius 1 is 1.60 bits per heavy atom. The Labute approximate surface area is 88.6 Å². The number of fused-ring (bicyclic) bond motifs is 1. The van der Waals surface area contributed by atoms with Gasteiger partial charge in [-0.1, -0.05) is 0 Å². The van der Waals surface area contributed by atoms with Gasteiger partial charge in [-0.25, -0.2) is 9.97 Å². The van der Waals surface area contributed by atoms with Crippen molar-refractivity contribution in [2.45, 2.75) is 6.42 Å². The molecule has 0 saturated carbocycles. The van der Waals surface area contributed by atoms with Crippen molar-refractivity contribution in [2.75, 3.05) is 11.7 Å². The van der Waals surface area contributed by atoms with Crippen LogP contribution in [0, 0.1) is 0 Å². The lowest BCUT2D eigenvalue weighted by atomic mass is 10.3. The molecular weight excluding hydrogens is 213 g/mol. The van der Waals surface area contributed by atoms with E-state index in [0.717, 1.165) is 11.8 Å². The highest BCUT2D eigenvalue weighted by Gasteiger charge is 2.10. The van der Waals surface area contributed by atoms with Crippen LogP contribution in [0.4, 0.5) is 5.95 Å². The first-order chi connectivity index (χ1) is 7.24. The Hall–Kier alpha value is -1.55. The minimum atomic E-state index is 0.320. The van der Waals surface area contributed by atoms with Gasteiger partial charge in [0.2, 0.25) is 5.95 Å². The zero-order chi connectivity index (χ0) is 10.8. The first kappa shape index (κ1) is 9.98. The van der Waals surface area contributed by atoms with Crippen LogP contribution >= 0.6 is 9.39 Å². The molecule has 1 unspecified atom stereocenters. The number of aldehydes is 1. The lowest BCUT2D eigenvalue weighted by Gasteiger charge is -2.10. The molecule has 6 nitrogen and oxygen atoms in total. The minimum Gasteiger partial charge on any atom is -0.328 e. The number of carbonyl (C=O) groups excluding carboxylic acids is 1. The van der Waals surface area contributed by atoms with Gasteiger partial charge in [-0.05, 0) is 9.39 Å². The van der Waals surface area contributed by atoms with Crippen LogP contribution < -0.4 is 4.67 Å². The predicted molar refractivity (Wildman–Crippen MR) is 58.7 cm³/mol. The molecule has 1 atom stereocenters. The minimum absolute atomic E-state index is 0.320. The first-order valence-corrected chi connectivity index (χ1v) is 4.85. The molecule has 0 saturated heterocycles. The maximum Gasteiger partial charge on any atom is 0.232 e. The first-order valence-electron chi connectivity index (χ1n) is 4.33. The molecule has 7 heteroatoms. The Kier molecular flexibility index (Phi) is 2.60. The lowest BCUT2D eigenvalue weighted by Crippen LogP contribution is -2.09. The molecule has 2 heterocycles. The van der Waals surface area contributed by atoms with E-state index >= 15 is 0 Å². The van der Waals surface area contributed by atoms with Gasteiger partial charge in [0, 0.05) is 19.0 Å². The summed E-state index contributed by atoms with van der Waals surface area (Å²) >= 11 is 0. The highest BCUT2D eigenvalue weighted by Crippen LogP contribution is 2.15. The molecule has 2 aromatic rings. The van der Waals surface area contributed by atoms with Crippen LogP contribution in [0.2, 0.25) is 0 Å². The van der Waals surface area contributed by atoms with E-state index in [-0.39, 0.29) is 0 Å². The van der Waals surface area contributed by atoms with Gasteiger partial charge in [0.1, 0.15) is 12.6 Å². The fraction of sp³-hybridized carbons (Fsp3) is 0.250. The smallest absolute Gasteiger partial charge is 0.232 e. The Balaban J connectivity index is 2.63. The summed E-state index contributed by atoms with van der Waals surface area (Å²) in [6.07, 6.45) is 4.25. The Morgan fingerprint density at radius 3 is 3.07 bits per heavy atom. The van der Waals surface area contributed by atoms with E-state index in [4.69, 9.17) is 0 Å². The molecule has 0 spiro atoms. The molecule has 15 heavy (non-hydrogen) atoms. The molecule has 0 aliphatic carbocycles. The molecule has 78 valence electrons. The maximum atomic E-state index is 10.4. The van der Waals surface area contributed by atoms with Gasteiger partial charge in [0.15, 0.2) is 5.65 Å². The molecule has 2 rings (SSSR count). The number of nitrogens with zero attached hydrogens (tertiary/aromatic N) is 5. The van der Waals surface area contributed by atoms with Gasteiger partial charge in [-0.2, -0.15) is 9.61 Å². The summed E-state index contributed by atoms with van der Waals surface area (Å²) in [4.78, 5) is 18.6. The number of hydrogen-bond acceptors (Lipinski definition) is 5. The largest absolute Gasteiger partial charge is 0.328 e. The fourth-order valence-electron chi connectivity index (χ4n) is 1.32. The third-order valence-corrected chi connectivity index (χ3v) is 2.21. The van der Waals surface area contributed by atoms with Crippen molar-refractivity contribution in [3.63, 3.8) is 0 Å². The predicted octanol–water partition coefficient (Wildman–Crippen LogP) is 0.0920. The van der Waals surface area contributed by atoms with Gasteiger partial charge in [0.25, 0.3) is 0 Å². The number of aromatic nitrogens is 4. The van der Waals surface area contributed by atoms with Gasteiger partial charge in [0.05, 0.1) is 6.20 Å². The Morgan fingerprint density at radius 2 is 2.40 bits per heavy atom. The molecular formula is C8H10N5OP. The summed E-state index contributed by atoms with van der Waals surface area (Å²) in [5.74, 6) is 0.655. The number of carbonyl (C=O) groups is 1. The lowest BCUT2D eigenvalue weighted by molar-refractivity contribution is -0.107. The number of anilines is 1. The van der Waals surface area contributed by atoms with Crippen LogP contribution in [0.25, 0.3) is 5.65 Å². The van der Waals surface area contributed by atoms with Crippen molar-refractivity contribution >= 4 is 27.3 Å². The summed E-state index contributed by atoms with van der Waals surface area (Å²) in [7, 11) is 4.33. The molecule has 0 N–H and O–H groups in total. The average Bonchev–Trinajstić information content (AvgIpc) is 2.62. The van der Waals surface area contributed by atoms with E-state index in [1.54, 1.807) is 15.4 Å². The van der Waals surface area contributed by atoms with Crippen LogP contribution in [-0.2, 0) is 11.2 Å². The topological polar surface area (TPSA) is 63.4 Å². The van der Waals surface area contributed by atoms with Gasteiger partial charge in [-0.15, -0.1) is 0 Å². The summed E-state index contributed by atoms with van der Waals surface area (Å²) < 4.78 is 3.36. The molecule has 0 aliphatic heterocycles. The average molecular weight is 223 g/mol. The molecule has 2 aromatic heterocycles. The summed E-state index contributed by atoms with van der Waals surface area (Å²) in [5, 5.41) is 4.14. The van der Waals surface area contributed by atoms with Gasteiger partial charge < -0.3 is 9.46 Å². The number of hydrogen-bond donors (Lipinski definition) is 0. The van der Waals surface area contributed by atoms with Gasteiger partial charge >= 0.3 is 0 Å². The highest BCUT2D eigenvalue weighted by molar-refractivity contribution is 7.18. The van der Waals surface area contributed by atoms with Crippen LogP contribution in [-0.4, -0.2) is 32.9 Å². The molecule has 0 bridgehead atoms. The van der Waals surface area contributed by atoms with Crippen molar-refractivity contribution < 1.29 is 4.79 Å². The second kappa shape index (κ2) is 3.90. The van der Waals surface area contributed by atoms with Crippen LogP contribution in [0.15, 0.2) is 12.5 Å². The van der Waals surface area contributed by atoms with Gasteiger partial charge in [-0.3, -0.25) is 0 Å². The summed E-state index contributed by atoms with van der Waals surface area (Å²) in [6.45, 7) is 0. The van der Waals surface area contributed by atoms with Crippen molar-refractivity contribution in [2.24, 2.45) is 0 Å². The standard InChI is InChI=1S/C8H10N5OP/c1-12(15)8-10-5-9-7-6(2-3-14)4-11-13(7)8/h3-5H,2,15H2,1H3. The Bertz CT molecular complexity index is 495. The van der Waals surface area contributed by atoms with Crippen molar-refractivity contribution in [3.05, 3.63) is 18.1 Å². The van der Waals surface area contributed by atoms with Crippen molar-refractivity contribution in [1.82, 2.24) is 19.6 Å². The SMILES string of the molecule is CN(P)c1ncnc2c(CC=O)cnn12. The van der Waals surface area contributed by atoms with Crippen molar-refractivity contribution in [1.29, 1.82) is 0 Å². The van der Waals surface area contributed by atoms with Crippen LogP contribution in [0.5, 0.6) is 0 Å². The quantitative estimate of drug-likeness (QED) is 0.545. The van der Waals surface area contributed by atoms with E-state index in [1.807, 2.05) is 7.05 Å². The highest BCUT2D eigenvalue weighted by atomic mass is 31.0. The third-order valence-electron chi connectivity index (χ3n) is 1.98. The monoisotopic (exact) mass is 223 g/mol. The molecule has 0 aromatic carbocycles. The van der Waals surface area contributed by atoms with E-state index in [0.29, 0.717) is 18.0 Å². The molecule has 0 fully saturated rings. The molecule has 0 amide bonds. The second-order valence-corrected chi connectivity index (χ2v) is 3.84. The van der Waals surface area contributed by atoms with Crippen LogP contribution in [0.3, 0.4) is 0 Å². The third kappa shape index (κ3) is 1.68. The van der Waals surface area contributed by atoms with E-state index in [1.165, 1.54) is 6.33 Å². The normalized spacial score (nSPS) is 10.5.